The Bertz CT molecular complexity index is 1180. The van der Waals surface area contributed by atoms with Crippen LogP contribution in [-0.4, -0.2) is 19.3 Å². The van der Waals surface area contributed by atoms with E-state index in [0.717, 1.165) is 5.56 Å². The van der Waals surface area contributed by atoms with Crippen molar-refractivity contribution in [1.29, 1.82) is 0 Å². The molecule has 8 heteroatoms. The van der Waals surface area contributed by atoms with Crippen molar-refractivity contribution >= 4 is 27.0 Å². The minimum atomic E-state index is -4.05. The monoisotopic (exact) mass is 415 g/mol. The van der Waals surface area contributed by atoms with E-state index in [4.69, 9.17) is 10.2 Å². The van der Waals surface area contributed by atoms with E-state index < -0.39 is 15.9 Å². The molecule has 0 radical (unpaired) electrons. The average molecular weight is 416 g/mol. The zero-order chi connectivity index (χ0) is 21.6. The highest BCUT2D eigenvalue weighted by Gasteiger charge is 2.25. The maximum Gasteiger partial charge on any atom is 0.266 e. The number of amides is 1. The van der Waals surface area contributed by atoms with Gasteiger partial charge in [0, 0.05) is 11.6 Å². The number of nitrogens with two attached hydrogens (primary N) is 1. The number of fused-ring (bicyclic) bond motifs is 1. The molecule has 0 saturated heterocycles. The number of furan rings is 1. The summed E-state index contributed by atoms with van der Waals surface area (Å²) in [6.45, 7) is 9.85. The quantitative estimate of drug-likeness (QED) is 0.675. The molecule has 3 rings (SSSR count). The first-order valence-corrected chi connectivity index (χ1v) is 10.7. The maximum absolute atomic E-state index is 12.9. The predicted octanol–water partition coefficient (Wildman–Crippen LogP) is 3.32. The van der Waals surface area contributed by atoms with Gasteiger partial charge in [-0.2, -0.15) is 0 Å². The van der Waals surface area contributed by atoms with E-state index in [1.807, 2.05) is 12.1 Å². The number of aryl methyl sites for hydroxylation is 2. The van der Waals surface area contributed by atoms with Gasteiger partial charge in [0.05, 0.1) is 17.0 Å². The molecule has 0 bridgehead atoms. The third-order valence-electron chi connectivity index (χ3n) is 4.71. The Morgan fingerprint density at radius 1 is 1.14 bits per heavy atom. The molecule has 1 amide bonds. The number of carbonyl (C=O) groups excluding carboxylic acids is 1. The third kappa shape index (κ3) is 4.18. The van der Waals surface area contributed by atoms with Crippen LogP contribution in [0.3, 0.4) is 0 Å². The second-order valence-electron chi connectivity index (χ2n) is 8.16. The first kappa shape index (κ1) is 21.0. The van der Waals surface area contributed by atoms with Crippen LogP contribution < -0.4 is 10.5 Å². The Morgan fingerprint density at radius 3 is 2.31 bits per heavy atom. The second kappa shape index (κ2) is 7.27. The molecule has 154 valence electrons. The van der Waals surface area contributed by atoms with Gasteiger partial charge >= 0.3 is 0 Å². The molecule has 3 aromatic rings. The topological polar surface area (TPSA) is 115 Å². The lowest BCUT2D eigenvalue weighted by Crippen LogP contribution is -2.32. The molecule has 2 heterocycles. The molecular formula is C21H25N3O4S. The van der Waals surface area contributed by atoms with Gasteiger partial charge in [0.25, 0.3) is 15.9 Å². The van der Waals surface area contributed by atoms with Crippen molar-refractivity contribution in [3.8, 4) is 0 Å². The van der Waals surface area contributed by atoms with Crippen LogP contribution in [0.5, 0.6) is 0 Å². The largest absolute Gasteiger partial charge is 0.441 e. The molecule has 1 aromatic carbocycles. The van der Waals surface area contributed by atoms with Crippen molar-refractivity contribution in [2.75, 3.05) is 0 Å². The summed E-state index contributed by atoms with van der Waals surface area (Å²) < 4.78 is 33.4. The van der Waals surface area contributed by atoms with Gasteiger partial charge in [-0.3, -0.25) is 4.79 Å². The molecule has 29 heavy (non-hydrogen) atoms. The van der Waals surface area contributed by atoms with Crippen molar-refractivity contribution in [2.45, 2.75) is 51.5 Å². The summed E-state index contributed by atoms with van der Waals surface area (Å²) in [7, 11) is -4.05. The molecule has 0 aliphatic carbocycles. The number of carbonyl (C=O) groups is 1. The van der Waals surface area contributed by atoms with Crippen molar-refractivity contribution in [3.05, 3.63) is 58.5 Å². The lowest BCUT2D eigenvalue weighted by molar-refractivity contribution is 0.0981. The molecule has 2 aromatic heterocycles. The van der Waals surface area contributed by atoms with E-state index in [1.54, 1.807) is 19.9 Å². The molecule has 0 unspecified atom stereocenters. The van der Waals surface area contributed by atoms with E-state index in [-0.39, 0.29) is 22.4 Å². The predicted molar refractivity (Wildman–Crippen MR) is 111 cm³/mol. The van der Waals surface area contributed by atoms with Crippen LogP contribution in [0.4, 0.5) is 0 Å². The molecule has 7 nitrogen and oxygen atoms in total. The van der Waals surface area contributed by atoms with Gasteiger partial charge in [0.2, 0.25) is 5.71 Å². The number of rotatable bonds is 4. The highest BCUT2D eigenvalue weighted by Crippen LogP contribution is 2.29. The Hall–Kier alpha value is -2.71. The van der Waals surface area contributed by atoms with Gasteiger partial charge in [-0.05, 0) is 48.1 Å². The summed E-state index contributed by atoms with van der Waals surface area (Å²) in [5.41, 5.74) is 8.10. The number of nitrogens with zero attached hydrogens (tertiary/aromatic N) is 1. The normalized spacial score (nSPS) is 12.3. The number of sulfonamides is 1. The van der Waals surface area contributed by atoms with Crippen LogP contribution in [0.15, 0.2) is 39.8 Å². The number of aromatic nitrogens is 1. The fourth-order valence-corrected chi connectivity index (χ4v) is 4.68. The van der Waals surface area contributed by atoms with Crippen molar-refractivity contribution in [3.63, 3.8) is 0 Å². The molecular weight excluding hydrogens is 390 g/mol. The summed E-state index contributed by atoms with van der Waals surface area (Å²) in [6, 6.07) is 6.89. The maximum atomic E-state index is 12.9. The van der Waals surface area contributed by atoms with E-state index in [0.29, 0.717) is 28.0 Å². The third-order valence-corrected chi connectivity index (χ3v) is 6.34. The summed E-state index contributed by atoms with van der Waals surface area (Å²) in [6.07, 6.45) is 1.28. The highest BCUT2D eigenvalue weighted by atomic mass is 32.2. The molecule has 0 atom stereocenters. The number of pyridine rings is 1. The molecule has 0 spiro atoms. The minimum absolute atomic E-state index is 0.113. The fraction of sp³-hybridized carbons (Fsp3) is 0.333. The Kier molecular flexibility index (Phi) is 5.27. The first-order valence-electron chi connectivity index (χ1n) is 9.20. The second-order valence-corrected chi connectivity index (χ2v) is 9.78. The smallest absolute Gasteiger partial charge is 0.266 e. The Morgan fingerprint density at radius 2 is 1.76 bits per heavy atom. The SMILES string of the molecule is Cc1cc(C(C)(C)C)cc(C)c1S(=O)(=O)NC(=O)c1cnc2oc(CN)cc2c1. The van der Waals surface area contributed by atoms with Gasteiger partial charge in [-0.15, -0.1) is 0 Å². The summed E-state index contributed by atoms with van der Waals surface area (Å²) in [4.78, 5) is 16.8. The van der Waals surface area contributed by atoms with E-state index in [1.165, 1.54) is 12.3 Å². The van der Waals surface area contributed by atoms with Gasteiger partial charge in [0.1, 0.15) is 5.76 Å². The minimum Gasteiger partial charge on any atom is -0.441 e. The van der Waals surface area contributed by atoms with E-state index in [9.17, 15) is 13.2 Å². The Balaban J connectivity index is 1.94. The zero-order valence-corrected chi connectivity index (χ0v) is 18.0. The van der Waals surface area contributed by atoms with Gasteiger partial charge < -0.3 is 10.2 Å². The van der Waals surface area contributed by atoms with Crippen molar-refractivity contribution < 1.29 is 17.6 Å². The molecule has 0 aliphatic heterocycles. The highest BCUT2D eigenvalue weighted by molar-refractivity contribution is 7.90. The first-order chi connectivity index (χ1) is 13.4. The standard InChI is InChI=1S/C21H25N3O4S/c1-12-6-16(21(3,4)5)7-13(2)18(12)29(26,27)24-19(25)15-8-14-9-17(10-22)28-20(14)23-11-15/h6-9,11H,10,22H2,1-5H3,(H,24,25). The Labute approximate surface area is 170 Å². The van der Waals surface area contributed by atoms with Crippen LogP contribution in [0, 0.1) is 13.8 Å². The summed E-state index contributed by atoms with van der Waals surface area (Å²) >= 11 is 0. The summed E-state index contributed by atoms with van der Waals surface area (Å²) in [5.74, 6) is -0.225. The van der Waals surface area contributed by atoms with Gasteiger partial charge in [-0.25, -0.2) is 18.1 Å². The van der Waals surface area contributed by atoms with Crippen LogP contribution >= 0.6 is 0 Å². The number of hydrogen-bond acceptors (Lipinski definition) is 6. The van der Waals surface area contributed by atoms with Crippen LogP contribution in [0.25, 0.3) is 11.1 Å². The van der Waals surface area contributed by atoms with Crippen molar-refractivity contribution in [1.82, 2.24) is 9.71 Å². The molecule has 0 saturated carbocycles. The fourth-order valence-electron chi connectivity index (χ4n) is 3.25. The molecule has 3 N–H and O–H groups in total. The number of nitrogens with one attached hydrogen (secondary N) is 1. The number of hydrogen-bond donors (Lipinski definition) is 2. The lowest BCUT2D eigenvalue weighted by Gasteiger charge is -2.22. The van der Waals surface area contributed by atoms with Gasteiger partial charge in [-0.1, -0.05) is 32.9 Å². The zero-order valence-electron chi connectivity index (χ0n) is 17.2. The van der Waals surface area contributed by atoms with Crippen LogP contribution in [-0.2, 0) is 22.0 Å². The van der Waals surface area contributed by atoms with Crippen molar-refractivity contribution in [2.24, 2.45) is 5.73 Å². The molecule has 0 fully saturated rings. The average Bonchev–Trinajstić information content (AvgIpc) is 3.01. The molecule has 0 aliphatic rings. The lowest BCUT2D eigenvalue weighted by atomic mass is 9.85. The van der Waals surface area contributed by atoms with E-state index >= 15 is 0 Å². The van der Waals surface area contributed by atoms with Crippen LogP contribution in [0.2, 0.25) is 0 Å². The van der Waals surface area contributed by atoms with E-state index in [2.05, 4.69) is 30.5 Å². The van der Waals surface area contributed by atoms with Crippen LogP contribution in [0.1, 0.15) is 53.6 Å². The van der Waals surface area contributed by atoms with Gasteiger partial charge in [0.15, 0.2) is 0 Å². The summed E-state index contributed by atoms with van der Waals surface area (Å²) in [5, 5.41) is 0.581. The number of benzene rings is 1.